The van der Waals surface area contributed by atoms with Gasteiger partial charge in [-0.2, -0.15) is 0 Å². The number of nitrogens with one attached hydrogen (secondary N) is 1. The molecule has 2 heterocycles. The van der Waals surface area contributed by atoms with E-state index < -0.39 is 0 Å². The predicted octanol–water partition coefficient (Wildman–Crippen LogP) is 2.72. The van der Waals surface area contributed by atoms with Gasteiger partial charge in [-0.25, -0.2) is 4.98 Å². The first-order valence-electron chi connectivity index (χ1n) is 6.07. The molecule has 3 nitrogen and oxygen atoms in total. The molecule has 0 saturated carbocycles. The highest BCUT2D eigenvalue weighted by atomic mass is 15.2. The van der Waals surface area contributed by atoms with E-state index in [1.54, 1.807) is 0 Å². The van der Waals surface area contributed by atoms with Gasteiger partial charge in [-0.15, -0.1) is 0 Å². The van der Waals surface area contributed by atoms with Gasteiger partial charge in [0, 0.05) is 0 Å². The number of nitrogens with zero attached hydrogens (tertiary/aromatic N) is 2. The zero-order valence-electron chi connectivity index (χ0n) is 9.61. The average Bonchev–Trinajstić information content (AvgIpc) is 2.94. The van der Waals surface area contributed by atoms with E-state index in [1.807, 2.05) is 6.07 Å². The van der Waals surface area contributed by atoms with Crippen molar-refractivity contribution < 1.29 is 0 Å². The molecule has 0 amide bonds. The van der Waals surface area contributed by atoms with Crippen LogP contribution in [0.3, 0.4) is 0 Å². The van der Waals surface area contributed by atoms with Gasteiger partial charge in [0.2, 0.25) is 0 Å². The number of hydrogen-bond donors (Lipinski definition) is 1. The third kappa shape index (κ3) is 1.52. The van der Waals surface area contributed by atoms with Gasteiger partial charge in [0.05, 0.1) is 17.1 Å². The van der Waals surface area contributed by atoms with Crippen molar-refractivity contribution in [3.05, 3.63) is 30.1 Å². The summed E-state index contributed by atoms with van der Waals surface area (Å²) in [6, 6.07) is 8.75. The summed E-state index contributed by atoms with van der Waals surface area (Å²) in [6.07, 6.45) is 2.52. The number of likely N-dealkylation sites (tertiary alicyclic amines) is 1. The summed E-state index contributed by atoms with van der Waals surface area (Å²) in [5.41, 5.74) is 2.24. The van der Waals surface area contributed by atoms with Crippen LogP contribution in [0.2, 0.25) is 0 Å². The Kier molecular flexibility index (Phi) is 2.40. The number of para-hydroxylation sites is 2. The van der Waals surface area contributed by atoms with Crippen molar-refractivity contribution in [2.24, 2.45) is 0 Å². The maximum atomic E-state index is 4.70. The molecule has 1 saturated heterocycles. The maximum absolute atomic E-state index is 4.70. The summed E-state index contributed by atoms with van der Waals surface area (Å²) < 4.78 is 0. The Labute approximate surface area is 95.5 Å². The standard InChI is InChI=1S/C13H17N3/c1-2-16-9-5-8-12(16)13-14-10-6-3-4-7-11(10)15-13/h3-4,6-7,12H,2,5,8-9H2,1H3,(H,14,15)/t12-/m0/s1. The molecule has 3 rings (SSSR count). The van der Waals surface area contributed by atoms with E-state index in [9.17, 15) is 0 Å². The van der Waals surface area contributed by atoms with Crippen molar-refractivity contribution in [1.29, 1.82) is 0 Å². The fraction of sp³-hybridized carbons (Fsp3) is 0.462. The van der Waals surface area contributed by atoms with Gasteiger partial charge in [0.1, 0.15) is 5.82 Å². The monoisotopic (exact) mass is 215 g/mol. The molecule has 16 heavy (non-hydrogen) atoms. The van der Waals surface area contributed by atoms with Gasteiger partial charge in [-0.3, -0.25) is 4.90 Å². The van der Waals surface area contributed by atoms with Crippen LogP contribution in [0.15, 0.2) is 24.3 Å². The van der Waals surface area contributed by atoms with E-state index in [-0.39, 0.29) is 0 Å². The molecule has 1 aromatic heterocycles. The number of hydrogen-bond acceptors (Lipinski definition) is 2. The van der Waals surface area contributed by atoms with Crippen LogP contribution in [0, 0.1) is 0 Å². The zero-order chi connectivity index (χ0) is 11.0. The molecule has 0 spiro atoms. The summed E-state index contributed by atoms with van der Waals surface area (Å²) in [5.74, 6) is 1.14. The fourth-order valence-corrected chi connectivity index (χ4v) is 2.64. The van der Waals surface area contributed by atoms with Crippen LogP contribution in [0.25, 0.3) is 11.0 Å². The van der Waals surface area contributed by atoms with Crippen LogP contribution in [-0.4, -0.2) is 28.0 Å². The van der Waals surface area contributed by atoms with Crippen LogP contribution in [0.4, 0.5) is 0 Å². The van der Waals surface area contributed by atoms with Gasteiger partial charge < -0.3 is 4.98 Å². The first kappa shape index (κ1) is 9.85. The van der Waals surface area contributed by atoms with Crippen molar-refractivity contribution in [3.8, 4) is 0 Å². The molecule has 1 N–H and O–H groups in total. The highest BCUT2D eigenvalue weighted by Crippen LogP contribution is 2.30. The van der Waals surface area contributed by atoms with Crippen LogP contribution < -0.4 is 0 Å². The third-order valence-electron chi connectivity index (χ3n) is 3.49. The quantitative estimate of drug-likeness (QED) is 0.835. The van der Waals surface area contributed by atoms with Crippen LogP contribution >= 0.6 is 0 Å². The molecule has 0 radical (unpaired) electrons. The lowest BCUT2D eigenvalue weighted by Gasteiger charge is -2.20. The SMILES string of the molecule is CCN1CCC[C@H]1c1nc2ccccc2[nH]1. The van der Waals surface area contributed by atoms with E-state index in [4.69, 9.17) is 4.98 Å². The molecule has 0 unspecified atom stereocenters. The van der Waals surface area contributed by atoms with Gasteiger partial charge in [0.15, 0.2) is 0 Å². The Morgan fingerprint density at radius 3 is 3.12 bits per heavy atom. The molecule has 1 atom stereocenters. The molecule has 0 bridgehead atoms. The van der Waals surface area contributed by atoms with Crippen LogP contribution in [0.1, 0.15) is 31.6 Å². The van der Waals surface area contributed by atoms with E-state index in [2.05, 4.69) is 35.0 Å². The molecule has 2 aromatic rings. The Hall–Kier alpha value is -1.35. The number of fused-ring (bicyclic) bond motifs is 1. The predicted molar refractivity (Wildman–Crippen MR) is 65.3 cm³/mol. The number of rotatable bonds is 2. The Bertz CT molecular complexity index is 456. The van der Waals surface area contributed by atoms with Crippen molar-refractivity contribution in [3.63, 3.8) is 0 Å². The van der Waals surface area contributed by atoms with Crippen molar-refractivity contribution in [2.45, 2.75) is 25.8 Å². The smallest absolute Gasteiger partial charge is 0.124 e. The minimum atomic E-state index is 0.498. The normalized spacial score (nSPS) is 21.9. The molecular weight excluding hydrogens is 198 g/mol. The Morgan fingerprint density at radius 1 is 1.44 bits per heavy atom. The second kappa shape index (κ2) is 3.91. The molecule has 1 fully saturated rings. The van der Waals surface area contributed by atoms with E-state index in [0.29, 0.717) is 6.04 Å². The number of aromatic nitrogens is 2. The Morgan fingerprint density at radius 2 is 2.31 bits per heavy atom. The minimum Gasteiger partial charge on any atom is -0.341 e. The molecule has 1 aliphatic heterocycles. The lowest BCUT2D eigenvalue weighted by molar-refractivity contribution is 0.263. The van der Waals surface area contributed by atoms with E-state index in [1.165, 1.54) is 19.4 Å². The first-order chi connectivity index (χ1) is 7.88. The lowest BCUT2D eigenvalue weighted by atomic mass is 10.2. The summed E-state index contributed by atoms with van der Waals surface area (Å²) in [7, 11) is 0. The molecule has 84 valence electrons. The second-order valence-electron chi connectivity index (χ2n) is 4.43. The fourth-order valence-electron chi connectivity index (χ4n) is 2.64. The van der Waals surface area contributed by atoms with Crippen molar-refractivity contribution >= 4 is 11.0 Å². The largest absolute Gasteiger partial charge is 0.341 e. The molecule has 1 aliphatic rings. The highest BCUT2D eigenvalue weighted by molar-refractivity contribution is 5.74. The number of aromatic amines is 1. The van der Waals surface area contributed by atoms with Gasteiger partial charge in [-0.05, 0) is 38.1 Å². The summed E-state index contributed by atoms with van der Waals surface area (Å²) >= 11 is 0. The summed E-state index contributed by atoms with van der Waals surface area (Å²) in [5, 5.41) is 0. The topological polar surface area (TPSA) is 31.9 Å². The average molecular weight is 215 g/mol. The second-order valence-corrected chi connectivity index (χ2v) is 4.43. The zero-order valence-corrected chi connectivity index (χ0v) is 9.61. The van der Waals surface area contributed by atoms with Crippen molar-refractivity contribution in [1.82, 2.24) is 14.9 Å². The lowest BCUT2D eigenvalue weighted by Crippen LogP contribution is -2.23. The van der Waals surface area contributed by atoms with Crippen molar-refractivity contribution in [2.75, 3.05) is 13.1 Å². The number of benzene rings is 1. The number of H-pyrrole nitrogens is 1. The number of imidazole rings is 1. The van der Waals surface area contributed by atoms with Crippen LogP contribution in [-0.2, 0) is 0 Å². The summed E-state index contributed by atoms with van der Waals surface area (Å²) in [6.45, 7) is 4.54. The highest BCUT2D eigenvalue weighted by Gasteiger charge is 2.26. The van der Waals surface area contributed by atoms with E-state index in [0.717, 1.165) is 23.4 Å². The maximum Gasteiger partial charge on any atom is 0.124 e. The molecular formula is C13H17N3. The van der Waals surface area contributed by atoms with Crippen LogP contribution in [0.5, 0.6) is 0 Å². The molecule has 1 aromatic carbocycles. The Balaban J connectivity index is 1.99. The first-order valence-corrected chi connectivity index (χ1v) is 6.07. The van der Waals surface area contributed by atoms with Gasteiger partial charge >= 0.3 is 0 Å². The third-order valence-corrected chi connectivity index (χ3v) is 3.49. The van der Waals surface area contributed by atoms with Gasteiger partial charge in [0.25, 0.3) is 0 Å². The summed E-state index contributed by atoms with van der Waals surface area (Å²) in [4.78, 5) is 10.6. The molecule has 3 heteroatoms. The van der Waals surface area contributed by atoms with E-state index >= 15 is 0 Å². The van der Waals surface area contributed by atoms with Gasteiger partial charge in [-0.1, -0.05) is 19.1 Å². The molecule has 0 aliphatic carbocycles. The minimum absolute atomic E-state index is 0.498.